The van der Waals surface area contributed by atoms with Gasteiger partial charge in [-0.3, -0.25) is 19.3 Å². The van der Waals surface area contributed by atoms with Crippen LogP contribution in [-0.2, 0) is 17.5 Å². The molecule has 2 aromatic rings. The smallest absolute Gasteiger partial charge is 0.350 e. The zero-order chi connectivity index (χ0) is 18.9. The Hall–Kier alpha value is -3.16. The summed E-state index contributed by atoms with van der Waals surface area (Å²) in [4.78, 5) is 37.2. The first-order valence-electron chi connectivity index (χ1n) is 7.66. The number of nitrogens with one attached hydrogen (secondary N) is 1. The number of amides is 3. The van der Waals surface area contributed by atoms with Crippen molar-refractivity contribution in [1.29, 1.82) is 0 Å². The lowest BCUT2D eigenvalue weighted by atomic mass is 10.1. The number of benzene rings is 2. The maximum atomic E-state index is 12.9. The summed E-state index contributed by atoms with van der Waals surface area (Å²) in [5, 5.41) is 2.32. The van der Waals surface area contributed by atoms with E-state index in [4.69, 9.17) is 0 Å². The summed E-state index contributed by atoms with van der Waals surface area (Å²) in [5.74, 6) is -1.93. The molecular weight excluding hydrogens is 349 g/mol. The van der Waals surface area contributed by atoms with Crippen LogP contribution in [0.1, 0.15) is 31.8 Å². The molecule has 1 aliphatic rings. The minimum atomic E-state index is -4.54. The van der Waals surface area contributed by atoms with Gasteiger partial charge in [0.1, 0.15) is 6.54 Å². The third kappa shape index (κ3) is 3.30. The summed E-state index contributed by atoms with van der Waals surface area (Å²) in [5.41, 5.74) is -0.544. The molecule has 26 heavy (non-hydrogen) atoms. The Labute approximate surface area is 146 Å². The van der Waals surface area contributed by atoms with Crippen LogP contribution < -0.4 is 5.32 Å². The van der Waals surface area contributed by atoms with E-state index >= 15 is 0 Å². The number of nitrogens with zero attached hydrogens (tertiary/aromatic N) is 1. The number of imide groups is 1. The lowest BCUT2D eigenvalue weighted by Crippen LogP contribution is -2.40. The summed E-state index contributed by atoms with van der Waals surface area (Å²) in [6.07, 6.45) is -4.54. The SMILES string of the molecule is O=C(CN1C(=O)c2ccccc2C1=O)NCc1ccccc1C(F)(F)F. The third-order valence-corrected chi connectivity index (χ3v) is 3.98. The third-order valence-electron chi connectivity index (χ3n) is 3.98. The topological polar surface area (TPSA) is 66.5 Å². The highest BCUT2D eigenvalue weighted by molar-refractivity contribution is 6.22. The first kappa shape index (κ1) is 17.7. The van der Waals surface area contributed by atoms with Gasteiger partial charge in [-0.2, -0.15) is 13.2 Å². The van der Waals surface area contributed by atoms with E-state index in [1.54, 1.807) is 12.1 Å². The molecule has 0 spiro atoms. The van der Waals surface area contributed by atoms with Gasteiger partial charge in [-0.15, -0.1) is 0 Å². The van der Waals surface area contributed by atoms with E-state index in [2.05, 4.69) is 5.32 Å². The van der Waals surface area contributed by atoms with Crippen LogP contribution in [-0.4, -0.2) is 29.2 Å². The highest BCUT2D eigenvalue weighted by atomic mass is 19.4. The standard InChI is InChI=1S/C18H13F3N2O3/c19-18(20,21)14-8-4-1-5-11(14)9-22-15(24)10-23-16(25)12-6-2-3-7-13(12)17(23)26/h1-8H,9-10H2,(H,22,24). The Bertz CT molecular complexity index is 858. The maximum Gasteiger partial charge on any atom is 0.416 e. The minimum absolute atomic E-state index is 0.101. The average molecular weight is 362 g/mol. The van der Waals surface area contributed by atoms with Crippen LogP contribution >= 0.6 is 0 Å². The van der Waals surface area contributed by atoms with E-state index in [9.17, 15) is 27.6 Å². The van der Waals surface area contributed by atoms with Crippen LogP contribution in [0.15, 0.2) is 48.5 Å². The second kappa shape index (κ2) is 6.62. The van der Waals surface area contributed by atoms with Crippen LogP contribution in [0.25, 0.3) is 0 Å². The van der Waals surface area contributed by atoms with Crippen molar-refractivity contribution in [3.63, 3.8) is 0 Å². The largest absolute Gasteiger partial charge is 0.416 e. The van der Waals surface area contributed by atoms with Gasteiger partial charge in [0.25, 0.3) is 11.8 Å². The lowest BCUT2D eigenvalue weighted by Gasteiger charge is -2.15. The molecule has 0 atom stereocenters. The summed E-state index contributed by atoms with van der Waals surface area (Å²) >= 11 is 0. The second-order valence-corrected chi connectivity index (χ2v) is 5.67. The Balaban J connectivity index is 1.67. The molecule has 5 nitrogen and oxygen atoms in total. The number of carbonyl (C=O) groups excluding carboxylic acids is 3. The van der Waals surface area contributed by atoms with Gasteiger partial charge >= 0.3 is 6.18 Å². The average Bonchev–Trinajstić information content (AvgIpc) is 2.85. The van der Waals surface area contributed by atoms with Crippen molar-refractivity contribution in [1.82, 2.24) is 10.2 Å². The second-order valence-electron chi connectivity index (χ2n) is 5.67. The number of hydrogen-bond donors (Lipinski definition) is 1. The molecule has 1 aliphatic heterocycles. The van der Waals surface area contributed by atoms with Crippen molar-refractivity contribution in [3.8, 4) is 0 Å². The molecule has 2 aromatic carbocycles. The van der Waals surface area contributed by atoms with E-state index in [1.807, 2.05) is 0 Å². The Kier molecular flexibility index (Phi) is 4.50. The van der Waals surface area contributed by atoms with Gasteiger partial charge in [0.2, 0.25) is 5.91 Å². The monoisotopic (exact) mass is 362 g/mol. The van der Waals surface area contributed by atoms with Crippen LogP contribution in [0.4, 0.5) is 13.2 Å². The Morgan fingerprint density at radius 2 is 1.46 bits per heavy atom. The molecule has 3 rings (SSSR count). The quantitative estimate of drug-likeness (QED) is 0.851. The molecule has 1 N–H and O–H groups in total. The molecule has 0 unspecified atom stereocenters. The van der Waals surface area contributed by atoms with Crippen molar-refractivity contribution in [3.05, 3.63) is 70.8 Å². The number of hydrogen-bond acceptors (Lipinski definition) is 3. The molecule has 0 aromatic heterocycles. The molecule has 0 saturated heterocycles. The normalized spacial score (nSPS) is 13.7. The van der Waals surface area contributed by atoms with Gasteiger partial charge in [-0.1, -0.05) is 30.3 Å². The van der Waals surface area contributed by atoms with E-state index in [1.165, 1.54) is 30.3 Å². The fraction of sp³-hybridized carbons (Fsp3) is 0.167. The summed E-state index contributed by atoms with van der Waals surface area (Å²) < 4.78 is 38.8. The fourth-order valence-electron chi connectivity index (χ4n) is 2.73. The summed E-state index contributed by atoms with van der Waals surface area (Å²) in [6, 6.07) is 11.0. The van der Waals surface area contributed by atoms with Crippen LogP contribution in [0, 0.1) is 0 Å². The Morgan fingerprint density at radius 1 is 0.923 bits per heavy atom. The molecular formula is C18H13F3N2O3. The van der Waals surface area contributed by atoms with Gasteiger partial charge in [-0.25, -0.2) is 0 Å². The van der Waals surface area contributed by atoms with Gasteiger partial charge in [0, 0.05) is 6.54 Å². The zero-order valence-electron chi connectivity index (χ0n) is 13.3. The highest BCUT2D eigenvalue weighted by Gasteiger charge is 2.36. The van der Waals surface area contributed by atoms with Crippen molar-refractivity contribution >= 4 is 17.7 Å². The van der Waals surface area contributed by atoms with Crippen LogP contribution in [0.5, 0.6) is 0 Å². The number of halogens is 3. The van der Waals surface area contributed by atoms with Crippen molar-refractivity contribution < 1.29 is 27.6 Å². The van der Waals surface area contributed by atoms with Gasteiger partial charge in [0.15, 0.2) is 0 Å². The lowest BCUT2D eigenvalue weighted by molar-refractivity contribution is -0.138. The Morgan fingerprint density at radius 3 is 2.04 bits per heavy atom. The number of carbonyl (C=O) groups is 3. The first-order chi connectivity index (χ1) is 12.3. The fourth-order valence-corrected chi connectivity index (χ4v) is 2.73. The van der Waals surface area contributed by atoms with Crippen LogP contribution in [0.3, 0.4) is 0 Å². The number of alkyl halides is 3. The first-order valence-corrected chi connectivity index (χ1v) is 7.66. The van der Waals surface area contributed by atoms with E-state index in [0.29, 0.717) is 0 Å². The molecule has 0 bridgehead atoms. The van der Waals surface area contributed by atoms with E-state index < -0.39 is 36.0 Å². The van der Waals surface area contributed by atoms with Gasteiger partial charge < -0.3 is 5.32 Å². The van der Waals surface area contributed by atoms with Gasteiger partial charge in [0.05, 0.1) is 16.7 Å². The van der Waals surface area contributed by atoms with E-state index in [0.717, 1.165) is 11.0 Å². The molecule has 1 heterocycles. The molecule has 0 radical (unpaired) electrons. The van der Waals surface area contributed by atoms with Crippen molar-refractivity contribution in [2.24, 2.45) is 0 Å². The summed E-state index contributed by atoms with van der Waals surface area (Å²) in [6.45, 7) is -0.918. The molecule has 8 heteroatoms. The maximum absolute atomic E-state index is 12.9. The highest BCUT2D eigenvalue weighted by Crippen LogP contribution is 2.31. The predicted octanol–water partition coefficient (Wildman–Crippen LogP) is 2.62. The molecule has 3 amide bonds. The van der Waals surface area contributed by atoms with Crippen molar-refractivity contribution in [2.45, 2.75) is 12.7 Å². The molecule has 0 aliphatic carbocycles. The molecule has 134 valence electrons. The molecule has 0 fully saturated rings. The zero-order valence-corrected chi connectivity index (χ0v) is 13.3. The minimum Gasteiger partial charge on any atom is -0.350 e. The van der Waals surface area contributed by atoms with Gasteiger partial charge in [-0.05, 0) is 23.8 Å². The van der Waals surface area contributed by atoms with E-state index in [-0.39, 0.29) is 23.2 Å². The predicted molar refractivity (Wildman–Crippen MR) is 85.1 cm³/mol. The number of fused-ring (bicyclic) bond motifs is 1. The molecule has 0 saturated carbocycles. The number of rotatable bonds is 4. The summed E-state index contributed by atoms with van der Waals surface area (Å²) in [7, 11) is 0. The van der Waals surface area contributed by atoms with Crippen molar-refractivity contribution in [2.75, 3.05) is 6.54 Å². The van der Waals surface area contributed by atoms with Crippen LogP contribution in [0.2, 0.25) is 0 Å².